The summed E-state index contributed by atoms with van der Waals surface area (Å²) in [6.07, 6.45) is 2.45. The summed E-state index contributed by atoms with van der Waals surface area (Å²) in [5, 5.41) is 2.18. The van der Waals surface area contributed by atoms with Gasteiger partial charge in [0.2, 0.25) is 0 Å². The zero-order valence-corrected chi connectivity index (χ0v) is 10.2. The van der Waals surface area contributed by atoms with E-state index >= 15 is 0 Å². The average molecular weight is 238 g/mol. The van der Waals surface area contributed by atoms with Crippen molar-refractivity contribution in [3.63, 3.8) is 0 Å². The second-order valence-electron chi connectivity index (χ2n) is 4.06. The lowest BCUT2D eigenvalue weighted by Gasteiger charge is -2.18. The van der Waals surface area contributed by atoms with Crippen molar-refractivity contribution in [3.8, 4) is 0 Å². The Morgan fingerprint density at radius 3 is 3.19 bits per heavy atom. The molecule has 16 heavy (non-hydrogen) atoms. The lowest BCUT2D eigenvalue weighted by Crippen LogP contribution is -2.28. The highest BCUT2D eigenvalue weighted by Crippen LogP contribution is 2.23. The molecule has 0 saturated carbocycles. The van der Waals surface area contributed by atoms with E-state index in [1.165, 1.54) is 18.4 Å². The van der Waals surface area contributed by atoms with E-state index in [2.05, 4.69) is 21.3 Å². The van der Waals surface area contributed by atoms with Crippen LogP contribution < -0.4 is 11.5 Å². The zero-order valence-electron chi connectivity index (χ0n) is 9.35. The van der Waals surface area contributed by atoms with Crippen molar-refractivity contribution < 1.29 is 0 Å². The number of aliphatic imine (C=N–C) groups is 1. The first kappa shape index (κ1) is 11.4. The van der Waals surface area contributed by atoms with Gasteiger partial charge in [-0.3, -0.25) is 9.89 Å². The van der Waals surface area contributed by atoms with Crippen molar-refractivity contribution in [1.29, 1.82) is 0 Å². The van der Waals surface area contributed by atoms with Crippen LogP contribution in [0.25, 0.3) is 0 Å². The fourth-order valence-electron chi connectivity index (χ4n) is 2.02. The lowest BCUT2D eigenvalue weighted by atomic mass is 10.2. The molecule has 2 heterocycles. The molecular formula is C11H18N4S. The number of aryl methyl sites for hydroxylation is 1. The molecule has 0 amide bonds. The molecule has 4 nitrogen and oxygen atoms in total. The van der Waals surface area contributed by atoms with Crippen LogP contribution in [0.3, 0.4) is 0 Å². The van der Waals surface area contributed by atoms with Crippen molar-refractivity contribution >= 4 is 17.3 Å². The second kappa shape index (κ2) is 5.32. The predicted octanol–water partition coefficient (Wildman–Crippen LogP) is 0.770. The first-order valence-corrected chi connectivity index (χ1v) is 6.46. The van der Waals surface area contributed by atoms with E-state index in [4.69, 9.17) is 11.5 Å². The van der Waals surface area contributed by atoms with Gasteiger partial charge in [-0.25, -0.2) is 0 Å². The van der Waals surface area contributed by atoms with Crippen molar-refractivity contribution in [1.82, 2.24) is 4.90 Å². The standard InChI is InChI=1S/C11H18N4S/c12-11(13)14-4-6-15-5-1-2-10-9(8-15)3-7-16-10/h3,7H,1-2,4-6,8H2,(H4,12,13,14). The largest absolute Gasteiger partial charge is 0.370 e. The van der Waals surface area contributed by atoms with Crippen molar-refractivity contribution in [2.24, 2.45) is 16.5 Å². The number of hydrogen-bond donors (Lipinski definition) is 2. The van der Waals surface area contributed by atoms with Gasteiger partial charge in [-0.05, 0) is 36.4 Å². The minimum atomic E-state index is 0.186. The van der Waals surface area contributed by atoms with E-state index in [1.54, 1.807) is 4.88 Å². The number of fused-ring (bicyclic) bond motifs is 1. The van der Waals surface area contributed by atoms with Gasteiger partial charge in [0.1, 0.15) is 0 Å². The second-order valence-corrected chi connectivity index (χ2v) is 5.06. The Morgan fingerprint density at radius 2 is 2.38 bits per heavy atom. The van der Waals surface area contributed by atoms with Crippen molar-refractivity contribution in [2.75, 3.05) is 19.6 Å². The summed E-state index contributed by atoms with van der Waals surface area (Å²) < 4.78 is 0. The quantitative estimate of drug-likeness (QED) is 0.604. The summed E-state index contributed by atoms with van der Waals surface area (Å²) >= 11 is 1.88. The molecular weight excluding hydrogens is 220 g/mol. The Kier molecular flexibility index (Phi) is 3.79. The summed E-state index contributed by atoms with van der Waals surface area (Å²) in [7, 11) is 0. The molecule has 0 spiro atoms. The van der Waals surface area contributed by atoms with Gasteiger partial charge < -0.3 is 11.5 Å². The summed E-state index contributed by atoms with van der Waals surface area (Å²) in [6, 6.07) is 2.24. The fourth-order valence-corrected chi connectivity index (χ4v) is 2.96. The van der Waals surface area contributed by atoms with E-state index in [1.807, 2.05) is 11.3 Å². The van der Waals surface area contributed by atoms with Crippen molar-refractivity contribution in [2.45, 2.75) is 19.4 Å². The van der Waals surface area contributed by atoms with Crippen LogP contribution in [0.5, 0.6) is 0 Å². The molecule has 1 aliphatic rings. The number of rotatable bonds is 3. The van der Waals surface area contributed by atoms with Gasteiger partial charge >= 0.3 is 0 Å². The topological polar surface area (TPSA) is 67.6 Å². The van der Waals surface area contributed by atoms with E-state index in [9.17, 15) is 0 Å². The normalized spacial score (nSPS) is 16.5. The zero-order chi connectivity index (χ0) is 11.4. The van der Waals surface area contributed by atoms with Gasteiger partial charge in [-0.1, -0.05) is 0 Å². The van der Waals surface area contributed by atoms with Crippen LogP contribution in [0.4, 0.5) is 0 Å². The monoisotopic (exact) mass is 238 g/mol. The lowest BCUT2D eigenvalue weighted by molar-refractivity contribution is 0.278. The molecule has 0 bridgehead atoms. The molecule has 1 aromatic heterocycles. The van der Waals surface area contributed by atoms with E-state index in [-0.39, 0.29) is 5.96 Å². The van der Waals surface area contributed by atoms with Crippen LogP contribution in [0, 0.1) is 0 Å². The molecule has 0 aromatic carbocycles. The van der Waals surface area contributed by atoms with Gasteiger partial charge in [0.25, 0.3) is 0 Å². The number of guanidine groups is 1. The molecule has 0 aliphatic carbocycles. The minimum Gasteiger partial charge on any atom is -0.370 e. The third-order valence-corrected chi connectivity index (χ3v) is 3.84. The van der Waals surface area contributed by atoms with E-state index in [0.29, 0.717) is 6.54 Å². The molecule has 2 rings (SSSR count). The molecule has 88 valence electrons. The third kappa shape index (κ3) is 2.96. The number of nitrogens with two attached hydrogens (primary N) is 2. The van der Waals surface area contributed by atoms with Gasteiger partial charge in [0, 0.05) is 18.0 Å². The number of thiophene rings is 1. The average Bonchev–Trinajstić information content (AvgIpc) is 2.57. The summed E-state index contributed by atoms with van der Waals surface area (Å²) in [6.45, 7) is 3.81. The molecule has 0 fully saturated rings. The summed E-state index contributed by atoms with van der Waals surface area (Å²) in [4.78, 5) is 7.99. The molecule has 0 unspecified atom stereocenters. The molecule has 0 saturated heterocycles. The highest BCUT2D eigenvalue weighted by atomic mass is 32.1. The summed E-state index contributed by atoms with van der Waals surface area (Å²) in [5.74, 6) is 0.186. The Labute approximate surface area is 100.0 Å². The highest BCUT2D eigenvalue weighted by molar-refractivity contribution is 7.10. The van der Waals surface area contributed by atoms with Gasteiger partial charge in [0.15, 0.2) is 5.96 Å². The molecule has 4 N–H and O–H groups in total. The molecule has 0 radical (unpaired) electrons. The maximum Gasteiger partial charge on any atom is 0.185 e. The molecule has 1 aliphatic heterocycles. The van der Waals surface area contributed by atoms with Crippen LogP contribution in [-0.2, 0) is 13.0 Å². The van der Waals surface area contributed by atoms with E-state index < -0.39 is 0 Å². The van der Waals surface area contributed by atoms with Gasteiger partial charge in [-0.2, -0.15) is 0 Å². The third-order valence-electron chi connectivity index (χ3n) is 2.82. The molecule has 0 atom stereocenters. The molecule has 5 heteroatoms. The maximum absolute atomic E-state index is 5.31. The Morgan fingerprint density at radius 1 is 1.50 bits per heavy atom. The van der Waals surface area contributed by atoms with Gasteiger partial charge in [-0.15, -0.1) is 11.3 Å². The van der Waals surface area contributed by atoms with Crippen LogP contribution >= 0.6 is 11.3 Å². The number of nitrogens with zero attached hydrogens (tertiary/aromatic N) is 2. The van der Waals surface area contributed by atoms with Crippen LogP contribution in [-0.4, -0.2) is 30.5 Å². The van der Waals surface area contributed by atoms with Gasteiger partial charge in [0.05, 0.1) is 6.54 Å². The van der Waals surface area contributed by atoms with Crippen molar-refractivity contribution in [3.05, 3.63) is 21.9 Å². The Bertz CT molecular complexity index is 368. The first-order valence-electron chi connectivity index (χ1n) is 5.58. The smallest absolute Gasteiger partial charge is 0.185 e. The highest BCUT2D eigenvalue weighted by Gasteiger charge is 2.14. The fraction of sp³-hybridized carbons (Fsp3) is 0.545. The summed E-state index contributed by atoms with van der Waals surface area (Å²) in [5.41, 5.74) is 12.1. The van der Waals surface area contributed by atoms with Crippen LogP contribution in [0.15, 0.2) is 16.4 Å². The number of hydrogen-bond acceptors (Lipinski definition) is 3. The molecule has 1 aromatic rings. The first-order chi connectivity index (χ1) is 7.75. The van der Waals surface area contributed by atoms with E-state index in [0.717, 1.165) is 19.6 Å². The Balaban J connectivity index is 1.90. The minimum absolute atomic E-state index is 0.186. The SMILES string of the molecule is NC(N)=NCCN1CCCc2sccc2C1. The Hall–Kier alpha value is -1.07. The van der Waals surface area contributed by atoms with Crippen LogP contribution in [0.1, 0.15) is 16.9 Å². The maximum atomic E-state index is 5.31. The predicted molar refractivity (Wildman–Crippen MR) is 68.6 cm³/mol. The van der Waals surface area contributed by atoms with Crippen LogP contribution in [0.2, 0.25) is 0 Å².